The van der Waals surface area contributed by atoms with Crippen molar-refractivity contribution in [1.82, 2.24) is 9.88 Å². The highest BCUT2D eigenvalue weighted by Gasteiger charge is 2.29. The van der Waals surface area contributed by atoms with Gasteiger partial charge >= 0.3 is 6.09 Å². The van der Waals surface area contributed by atoms with Gasteiger partial charge in [0.2, 0.25) is 5.88 Å². The Bertz CT molecular complexity index is 590. The molecular formula is C18H26N2O3. The van der Waals surface area contributed by atoms with Gasteiger partial charge in [-0.2, -0.15) is 0 Å². The Balaban J connectivity index is 2.30. The van der Waals surface area contributed by atoms with Crippen LogP contribution in [0.25, 0.3) is 5.70 Å². The van der Waals surface area contributed by atoms with E-state index >= 15 is 0 Å². The topological polar surface area (TPSA) is 51.7 Å². The second-order valence-corrected chi connectivity index (χ2v) is 6.84. The molecule has 1 aliphatic rings. The Kier molecular flexibility index (Phi) is 5.29. The second kappa shape index (κ2) is 7.02. The van der Waals surface area contributed by atoms with Gasteiger partial charge in [0.15, 0.2) is 0 Å². The largest absolute Gasteiger partial charge is 0.478 e. The summed E-state index contributed by atoms with van der Waals surface area (Å²) in [4.78, 5) is 18.5. The lowest BCUT2D eigenvalue weighted by atomic mass is 9.99. The number of ether oxygens (including phenoxy) is 2. The Morgan fingerprint density at radius 2 is 2.17 bits per heavy atom. The number of aromatic nitrogens is 1. The van der Waals surface area contributed by atoms with Crippen LogP contribution in [0.3, 0.4) is 0 Å². The highest BCUT2D eigenvalue weighted by Crippen LogP contribution is 2.30. The van der Waals surface area contributed by atoms with Crippen molar-refractivity contribution in [3.63, 3.8) is 0 Å². The van der Waals surface area contributed by atoms with Gasteiger partial charge in [-0.3, -0.25) is 4.90 Å². The van der Waals surface area contributed by atoms with Crippen LogP contribution in [0.2, 0.25) is 0 Å². The zero-order valence-corrected chi connectivity index (χ0v) is 14.6. The molecule has 0 fully saturated rings. The molecule has 1 aromatic heterocycles. The highest BCUT2D eigenvalue weighted by atomic mass is 16.6. The van der Waals surface area contributed by atoms with Crippen LogP contribution in [-0.2, 0) is 4.74 Å². The zero-order chi connectivity index (χ0) is 17.0. The maximum absolute atomic E-state index is 12.6. The number of hydrogen-bond donors (Lipinski definition) is 0. The van der Waals surface area contributed by atoms with Gasteiger partial charge in [-0.1, -0.05) is 13.0 Å². The number of pyridine rings is 1. The lowest BCUT2D eigenvalue weighted by Gasteiger charge is -2.33. The van der Waals surface area contributed by atoms with Crippen LogP contribution >= 0.6 is 0 Å². The number of allylic oxidation sites excluding steroid dienone is 1. The third-order valence-electron chi connectivity index (χ3n) is 3.44. The number of hydrogen-bond acceptors (Lipinski definition) is 4. The summed E-state index contributed by atoms with van der Waals surface area (Å²) in [5.41, 5.74) is 1.26. The number of carbonyl (C=O) groups is 1. The minimum atomic E-state index is -0.516. The molecule has 1 amide bonds. The Morgan fingerprint density at radius 1 is 1.43 bits per heavy atom. The summed E-state index contributed by atoms with van der Waals surface area (Å²) in [6, 6.07) is 3.75. The normalized spacial score (nSPS) is 18.4. The van der Waals surface area contributed by atoms with E-state index in [4.69, 9.17) is 9.47 Å². The smallest absolute Gasteiger partial charge is 0.414 e. The summed E-state index contributed by atoms with van der Waals surface area (Å²) in [6.45, 7) is 10.9. The fraction of sp³-hybridized carbons (Fsp3) is 0.556. The molecule has 0 spiro atoms. The Morgan fingerprint density at radius 3 is 2.83 bits per heavy atom. The number of rotatable bonds is 3. The minimum absolute atomic E-state index is 0.315. The average molecular weight is 318 g/mol. The van der Waals surface area contributed by atoms with Crippen LogP contribution in [-0.4, -0.2) is 34.7 Å². The highest BCUT2D eigenvalue weighted by molar-refractivity contribution is 5.83. The standard InChI is InChI=1S/C18H26N2O3/c1-6-22-16-11-14(9-10-19-16)15-8-7-13(2)12-20(15)17(21)23-18(3,4)5/h8-11,13H,6-7,12H2,1-5H3/t13-/m0/s1. The third kappa shape index (κ3) is 4.71. The van der Waals surface area contributed by atoms with Crippen molar-refractivity contribution in [2.45, 2.75) is 46.6 Å². The molecule has 0 saturated carbocycles. The van der Waals surface area contributed by atoms with Crippen LogP contribution in [0.4, 0.5) is 4.79 Å². The zero-order valence-electron chi connectivity index (χ0n) is 14.6. The summed E-state index contributed by atoms with van der Waals surface area (Å²) in [5, 5.41) is 0. The molecule has 0 unspecified atom stereocenters. The lowest BCUT2D eigenvalue weighted by molar-refractivity contribution is 0.0327. The first kappa shape index (κ1) is 17.3. The van der Waals surface area contributed by atoms with Crippen molar-refractivity contribution in [3.05, 3.63) is 30.0 Å². The van der Waals surface area contributed by atoms with Crippen molar-refractivity contribution in [1.29, 1.82) is 0 Å². The minimum Gasteiger partial charge on any atom is -0.478 e. The van der Waals surface area contributed by atoms with E-state index in [0.29, 0.717) is 24.9 Å². The fourth-order valence-electron chi connectivity index (χ4n) is 2.47. The van der Waals surface area contributed by atoms with Crippen molar-refractivity contribution in [3.8, 4) is 5.88 Å². The summed E-state index contributed by atoms with van der Waals surface area (Å²) >= 11 is 0. The molecule has 0 bridgehead atoms. The Labute approximate surface area is 138 Å². The van der Waals surface area contributed by atoms with Crippen molar-refractivity contribution in [2.75, 3.05) is 13.2 Å². The molecular weight excluding hydrogens is 292 g/mol. The molecule has 0 aromatic carbocycles. The van der Waals surface area contributed by atoms with E-state index in [2.05, 4.69) is 18.0 Å². The molecule has 0 N–H and O–H groups in total. The van der Waals surface area contributed by atoms with Crippen LogP contribution in [0, 0.1) is 5.92 Å². The number of amides is 1. The molecule has 0 radical (unpaired) electrons. The summed E-state index contributed by atoms with van der Waals surface area (Å²) in [7, 11) is 0. The van der Waals surface area contributed by atoms with Gasteiger partial charge in [-0.15, -0.1) is 0 Å². The third-order valence-corrected chi connectivity index (χ3v) is 3.44. The first-order valence-electron chi connectivity index (χ1n) is 8.10. The molecule has 2 rings (SSSR count). The maximum atomic E-state index is 12.6. The fourth-order valence-corrected chi connectivity index (χ4v) is 2.47. The first-order chi connectivity index (χ1) is 10.8. The molecule has 5 heteroatoms. The molecule has 0 saturated heterocycles. The van der Waals surface area contributed by atoms with Gasteiger partial charge in [0.25, 0.3) is 0 Å². The SMILES string of the molecule is CCOc1cc(C2=CC[C@H](C)CN2C(=O)OC(C)(C)C)ccn1. The van der Waals surface area contributed by atoms with Crippen LogP contribution in [0.5, 0.6) is 5.88 Å². The quantitative estimate of drug-likeness (QED) is 0.842. The van der Waals surface area contributed by atoms with Gasteiger partial charge in [-0.05, 0) is 46.1 Å². The molecule has 1 aliphatic heterocycles. The van der Waals surface area contributed by atoms with Gasteiger partial charge in [-0.25, -0.2) is 9.78 Å². The van der Waals surface area contributed by atoms with E-state index in [-0.39, 0.29) is 6.09 Å². The number of nitrogens with zero attached hydrogens (tertiary/aromatic N) is 2. The van der Waals surface area contributed by atoms with Gasteiger partial charge < -0.3 is 9.47 Å². The van der Waals surface area contributed by atoms with Crippen LogP contribution in [0.15, 0.2) is 24.4 Å². The van der Waals surface area contributed by atoms with Crippen molar-refractivity contribution < 1.29 is 14.3 Å². The first-order valence-corrected chi connectivity index (χ1v) is 8.10. The predicted octanol–water partition coefficient (Wildman–Crippen LogP) is 4.10. The summed E-state index contributed by atoms with van der Waals surface area (Å²) < 4.78 is 11.0. The molecule has 1 atom stereocenters. The van der Waals surface area contributed by atoms with Gasteiger partial charge in [0, 0.05) is 24.4 Å². The molecule has 5 nitrogen and oxygen atoms in total. The van der Waals surface area contributed by atoms with E-state index in [1.54, 1.807) is 11.1 Å². The van der Waals surface area contributed by atoms with Crippen LogP contribution in [0.1, 0.15) is 46.6 Å². The van der Waals surface area contributed by atoms with Crippen molar-refractivity contribution >= 4 is 11.8 Å². The Hall–Kier alpha value is -2.04. The van der Waals surface area contributed by atoms with Crippen molar-refractivity contribution in [2.24, 2.45) is 5.92 Å². The summed E-state index contributed by atoms with van der Waals surface area (Å²) in [6.07, 6.45) is 4.40. The second-order valence-electron chi connectivity index (χ2n) is 6.84. The van der Waals surface area contributed by atoms with E-state index in [0.717, 1.165) is 17.7 Å². The molecule has 23 heavy (non-hydrogen) atoms. The monoisotopic (exact) mass is 318 g/mol. The van der Waals surface area contributed by atoms with E-state index in [9.17, 15) is 4.79 Å². The lowest BCUT2D eigenvalue weighted by Crippen LogP contribution is -2.39. The van der Waals surface area contributed by atoms with Gasteiger partial charge in [0.05, 0.1) is 12.3 Å². The molecule has 0 aliphatic carbocycles. The maximum Gasteiger partial charge on any atom is 0.414 e. The van der Waals surface area contributed by atoms with Crippen LogP contribution < -0.4 is 4.74 Å². The molecule has 1 aromatic rings. The van der Waals surface area contributed by atoms with Gasteiger partial charge in [0.1, 0.15) is 5.60 Å². The predicted molar refractivity (Wildman–Crippen MR) is 90.1 cm³/mol. The van der Waals surface area contributed by atoms with E-state index in [1.165, 1.54) is 0 Å². The number of carbonyl (C=O) groups excluding carboxylic acids is 1. The van der Waals surface area contributed by atoms with E-state index in [1.807, 2.05) is 39.8 Å². The van der Waals surface area contributed by atoms with E-state index < -0.39 is 5.60 Å². The molecule has 2 heterocycles. The molecule has 126 valence electrons. The summed E-state index contributed by atoms with van der Waals surface area (Å²) in [5.74, 6) is 0.966. The average Bonchev–Trinajstić information content (AvgIpc) is 2.46.